The van der Waals surface area contributed by atoms with Gasteiger partial charge in [-0.25, -0.2) is 19.9 Å². The molecular formula is C24H35N5O7. The van der Waals surface area contributed by atoms with E-state index in [1.165, 1.54) is 25.9 Å². The van der Waals surface area contributed by atoms with E-state index in [4.69, 9.17) is 19.9 Å². The van der Waals surface area contributed by atoms with Gasteiger partial charge in [0.2, 0.25) is 0 Å². The second-order valence-corrected chi connectivity index (χ2v) is 8.05. The molecule has 0 aromatic heterocycles. The Morgan fingerprint density at radius 2 is 1.92 bits per heavy atom. The summed E-state index contributed by atoms with van der Waals surface area (Å²) < 4.78 is 16.0. The number of esters is 1. The zero-order valence-electron chi connectivity index (χ0n) is 21.3. The Balaban J connectivity index is 2.80. The predicted molar refractivity (Wildman–Crippen MR) is 135 cm³/mol. The smallest absolute Gasteiger partial charge is 0.328 e. The number of nitro groups is 1. The molecule has 0 spiro atoms. The minimum atomic E-state index is -0.946. The Bertz CT molecular complexity index is 1000. The summed E-state index contributed by atoms with van der Waals surface area (Å²) in [5, 5.41) is 12.1. The first-order valence-corrected chi connectivity index (χ1v) is 11.3. The summed E-state index contributed by atoms with van der Waals surface area (Å²) >= 11 is 0. The van der Waals surface area contributed by atoms with Crippen LogP contribution >= 0.6 is 0 Å². The molecule has 1 amide bonds. The fourth-order valence-corrected chi connectivity index (χ4v) is 2.93. The van der Waals surface area contributed by atoms with Crippen LogP contribution in [-0.4, -0.2) is 56.3 Å². The molecule has 1 rings (SSSR count). The van der Waals surface area contributed by atoms with Gasteiger partial charge < -0.3 is 25.3 Å². The highest BCUT2D eigenvalue weighted by molar-refractivity contribution is 5.97. The largest absolute Gasteiger partial charge is 0.493 e. The van der Waals surface area contributed by atoms with Crippen molar-refractivity contribution in [2.24, 2.45) is 10.7 Å². The van der Waals surface area contributed by atoms with Crippen LogP contribution in [0.1, 0.15) is 50.4 Å². The number of ether oxygens (including phenoxy) is 3. The first-order chi connectivity index (χ1) is 17.1. The van der Waals surface area contributed by atoms with Crippen LogP contribution in [0, 0.1) is 10.1 Å². The molecular weight excluding hydrogens is 470 g/mol. The van der Waals surface area contributed by atoms with E-state index < -0.39 is 23.0 Å². The number of methoxy groups -OCH3 is 2. The molecule has 0 heterocycles. The van der Waals surface area contributed by atoms with Crippen molar-refractivity contribution in [2.75, 3.05) is 27.4 Å². The van der Waals surface area contributed by atoms with Crippen molar-refractivity contribution in [3.63, 3.8) is 0 Å². The summed E-state index contributed by atoms with van der Waals surface area (Å²) in [7, 11) is 2.68. The molecule has 1 aromatic carbocycles. The third-order valence-electron chi connectivity index (χ3n) is 4.80. The first-order valence-electron chi connectivity index (χ1n) is 11.3. The third kappa shape index (κ3) is 11.4. The van der Waals surface area contributed by atoms with Gasteiger partial charge in [0.05, 0.1) is 14.2 Å². The summed E-state index contributed by atoms with van der Waals surface area (Å²) in [4.78, 5) is 39.0. The van der Waals surface area contributed by atoms with Crippen molar-refractivity contribution in [3.8, 4) is 11.5 Å². The number of benzene rings is 1. The van der Waals surface area contributed by atoms with E-state index in [0.29, 0.717) is 24.5 Å². The van der Waals surface area contributed by atoms with Gasteiger partial charge in [-0.1, -0.05) is 23.2 Å². The first kappa shape index (κ1) is 29.9. The molecule has 12 heteroatoms. The zero-order chi connectivity index (χ0) is 27.1. The highest BCUT2D eigenvalue weighted by atomic mass is 16.7. The molecule has 198 valence electrons. The number of carbonyl (C=O) groups is 2. The van der Waals surface area contributed by atoms with E-state index in [9.17, 15) is 19.7 Å². The van der Waals surface area contributed by atoms with E-state index >= 15 is 0 Å². The maximum Gasteiger partial charge on any atom is 0.328 e. The summed E-state index contributed by atoms with van der Waals surface area (Å²) in [5.41, 5.74) is 9.64. The number of amides is 1. The average Bonchev–Trinajstić information content (AvgIpc) is 2.83. The number of hydrogen-bond acceptors (Lipinski definition) is 8. The Labute approximate surface area is 210 Å². The van der Waals surface area contributed by atoms with Crippen LogP contribution in [0.2, 0.25) is 0 Å². The summed E-state index contributed by atoms with van der Waals surface area (Å²) in [6.45, 7) is 6.53. The quantitative estimate of drug-likeness (QED) is 0.0654. The Hall–Kier alpha value is -4.09. The molecule has 36 heavy (non-hydrogen) atoms. The standard InChI is InChI=1S/C24H35N5O7/c1-16(2)8-6-9-17(3)15-36-20-12-11-18(14-21(20)34-4)22(30)27-19(23(31)35-5)10-7-13-26-24(25)28-29(32)33/h8-9,11-12,14,19H,6-7,10,13,15H2,1-5H3,(H,27,30)(H3,25,26,28)/b17-9+/t19-/m0/s1. The number of allylic oxidation sites excluding steroid dienone is 3. The average molecular weight is 506 g/mol. The van der Waals surface area contributed by atoms with Gasteiger partial charge in [0.15, 0.2) is 16.5 Å². The molecule has 12 nitrogen and oxygen atoms in total. The molecule has 0 aliphatic carbocycles. The van der Waals surface area contributed by atoms with Crippen molar-refractivity contribution in [3.05, 3.63) is 57.2 Å². The number of hydrazine groups is 1. The number of carbonyl (C=O) groups excluding carboxylic acids is 2. The lowest BCUT2D eigenvalue weighted by atomic mass is 10.1. The number of nitrogens with two attached hydrogens (primary N) is 1. The van der Waals surface area contributed by atoms with Gasteiger partial charge >= 0.3 is 5.97 Å². The van der Waals surface area contributed by atoms with Crippen molar-refractivity contribution in [1.82, 2.24) is 10.7 Å². The minimum absolute atomic E-state index is 0.109. The molecule has 0 fully saturated rings. The molecule has 0 bridgehead atoms. The molecule has 0 radical (unpaired) electrons. The SMILES string of the molecule is COC(=O)[C@H](CCCN=C(N)N[N+](=O)[O-])NC(=O)c1ccc(OC/C(C)=C/CC=C(C)C)c(OC)c1. The van der Waals surface area contributed by atoms with Gasteiger partial charge in [0.25, 0.3) is 11.9 Å². The zero-order valence-corrected chi connectivity index (χ0v) is 21.3. The predicted octanol–water partition coefficient (Wildman–Crippen LogP) is 2.52. The number of rotatable bonds is 14. The third-order valence-corrected chi connectivity index (χ3v) is 4.80. The molecule has 4 N–H and O–H groups in total. The van der Waals surface area contributed by atoms with E-state index in [0.717, 1.165) is 12.0 Å². The summed E-state index contributed by atoms with van der Waals surface area (Å²) in [6, 6.07) is 3.77. The van der Waals surface area contributed by atoms with Gasteiger partial charge in [0, 0.05) is 12.1 Å². The number of nitrogens with zero attached hydrogens (tertiary/aromatic N) is 2. The maximum absolute atomic E-state index is 12.8. The van der Waals surface area contributed by atoms with Crippen LogP contribution in [0.15, 0.2) is 46.5 Å². The van der Waals surface area contributed by atoms with Crippen LogP contribution in [0.5, 0.6) is 11.5 Å². The van der Waals surface area contributed by atoms with Crippen molar-refractivity contribution in [1.29, 1.82) is 0 Å². The van der Waals surface area contributed by atoms with E-state index in [1.807, 2.05) is 20.8 Å². The minimum Gasteiger partial charge on any atom is -0.493 e. The van der Waals surface area contributed by atoms with E-state index in [1.54, 1.807) is 17.6 Å². The summed E-state index contributed by atoms with van der Waals surface area (Å²) in [5.74, 6) is -0.645. The Kier molecular flexibility index (Phi) is 13.1. The van der Waals surface area contributed by atoms with Crippen LogP contribution < -0.4 is 25.9 Å². The van der Waals surface area contributed by atoms with Crippen LogP contribution in [0.3, 0.4) is 0 Å². The van der Waals surface area contributed by atoms with Gasteiger partial charge in [-0.3, -0.25) is 4.79 Å². The molecule has 0 aliphatic heterocycles. The second kappa shape index (κ2) is 15.7. The van der Waals surface area contributed by atoms with Gasteiger partial charge in [-0.15, -0.1) is 0 Å². The molecule has 1 aromatic rings. The Morgan fingerprint density at radius 3 is 2.53 bits per heavy atom. The highest BCUT2D eigenvalue weighted by Crippen LogP contribution is 2.28. The van der Waals surface area contributed by atoms with Crippen molar-refractivity contribution in [2.45, 2.75) is 46.1 Å². The van der Waals surface area contributed by atoms with E-state index in [-0.39, 0.29) is 24.5 Å². The number of guanidine groups is 1. The fourth-order valence-electron chi connectivity index (χ4n) is 2.93. The summed E-state index contributed by atoms with van der Waals surface area (Å²) in [6.07, 6.45) is 5.52. The van der Waals surface area contributed by atoms with E-state index in [2.05, 4.69) is 22.5 Å². The van der Waals surface area contributed by atoms with Gasteiger partial charge in [-0.2, -0.15) is 0 Å². The van der Waals surface area contributed by atoms with Gasteiger partial charge in [0.1, 0.15) is 12.6 Å². The topological polar surface area (TPSA) is 167 Å². The van der Waals surface area contributed by atoms with Crippen LogP contribution in [0.4, 0.5) is 0 Å². The molecule has 0 saturated heterocycles. The Morgan fingerprint density at radius 1 is 1.19 bits per heavy atom. The van der Waals surface area contributed by atoms with Crippen LogP contribution in [0.25, 0.3) is 0 Å². The lowest BCUT2D eigenvalue weighted by Gasteiger charge is -2.17. The lowest BCUT2D eigenvalue weighted by Crippen LogP contribution is -2.41. The maximum atomic E-state index is 12.8. The highest BCUT2D eigenvalue weighted by Gasteiger charge is 2.22. The number of hydrogen-bond donors (Lipinski definition) is 3. The lowest BCUT2D eigenvalue weighted by molar-refractivity contribution is -0.525. The second-order valence-electron chi connectivity index (χ2n) is 8.05. The molecule has 1 atom stereocenters. The molecule has 0 aliphatic rings. The number of aliphatic imine (C=N–C) groups is 1. The molecule has 0 unspecified atom stereocenters. The van der Waals surface area contributed by atoms with Crippen molar-refractivity contribution < 1.29 is 28.8 Å². The fraction of sp³-hybridized carbons (Fsp3) is 0.458. The monoisotopic (exact) mass is 505 g/mol. The normalized spacial score (nSPS) is 12.2. The molecule has 0 saturated carbocycles. The number of nitrogens with one attached hydrogen (secondary N) is 2. The van der Waals surface area contributed by atoms with Gasteiger partial charge in [-0.05, 0) is 63.8 Å². The van der Waals surface area contributed by atoms with Crippen LogP contribution in [-0.2, 0) is 9.53 Å². The van der Waals surface area contributed by atoms with Crippen molar-refractivity contribution >= 4 is 17.8 Å².